The molecule has 0 unspecified atom stereocenters. The highest BCUT2D eigenvalue weighted by molar-refractivity contribution is 7.99. The second-order valence-electron chi connectivity index (χ2n) is 5.61. The van der Waals surface area contributed by atoms with Gasteiger partial charge in [-0.15, -0.1) is 21.5 Å². The van der Waals surface area contributed by atoms with Gasteiger partial charge in [0.2, 0.25) is 16.7 Å². The summed E-state index contributed by atoms with van der Waals surface area (Å²) in [6, 6.07) is 12.3. The van der Waals surface area contributed by atoms with Crippen LogP contribution >= 0.6 is 34.4 Å². The lowest BCUT2D eigenvalue weighted by Gasteiger charge is -1.98. The summed E-state index contributed by atoms with van der Waals surface area (Å²) < 4.78 is 8.71. The van der Waals surface area contributed by atoms with E-state index in [2.05, 4.69) is 36.9 Å². The van der Waals surface area contributed by atoms with Gasteiger partial charge in [-0.3, -0.25) is 4.40 Å². The minimum Gasteiger partial charge on any atom is -0.339 e. The summed E-state index contributed by atoms with van der Waals surface area (Å²) in [6.07, 6.45) is 1.70. The fourth-order valence-electron chi connectivity index (χ4n) is 2.70. The van der Waals surface area contributed by atoms with Crippen LogP contribution in [0.1, 0.15) is 12.3 Å². The summed E-state index contributed by atoms with van der Waals surface area (Å²) in [7, 11) is 0. The molecule has 6 nitrogen and oxygen atoms in total. The SMILES string of the molecule is c1csc(-c2noc(CCCSc3nnc4sc5ccccc5n34)n2)c1. The molecule has 0 spiro atoms. The molecule has 0 N–H and O–H groups in total. The Morgan fingerprint density at radius 3 is 3.00 bits per heavy atom. The van der Waals surface area contributed by atoms with Crippen LogP contribution in [0.4, 0.5) is 0 Å². The number of nitrogens with zero attached hydrogens (tertiary/aromatic N) is 5. The Bertz CT molecular complexity index is 1160. The molecule has 0 atom stereocenters. The number of aromatic nitrogens is 5. The van der Waals surface area contributed by atoms with Crippen molar-refractivity contribution in [3.63, 3.8) is 0 Å². The molecule has 4 heterocycles. The predicted octanol–water partition coefficient (Wildman–Crippen LogP) is 4.78. The minimum absolute atomic E-state index is 0.673. The molecule has 130 valence electrons. The van der Waals surface area contributed by atoms with Crippen molar-refractivity contribution >= 4 is 49.6 Å². The molecular formula is C17H13N5OS3. The quantitative estimate of drug-likeness (QED) is 0.302. The van der Waals surface area contributed by atoms with Crippen LogP contribution in [0.15, 0.2) is 51.5 Å². The Hall–Kier alpha value is -2.23. The van der Waals surface area contributed by atoms with Gasteiger partial charge in [0.15, 0.2) is 5.16 Å². The van der Waals surface area contributed by atoms with E-state index in [4.69, 9.17) is 4.52 Å². The first kappa shape index (κ1) is 16.0. The number of benzene rings is 1. The Morgan fingerprint density at radius 2 is 2.08 bits per heavy atom. The average Bonchev–Trinajstić information content (AvgIpc) is 3.42. The number of para-hydroxylation sites is 1. The largest absolute Gasteiger partial charge is 0.339 e. The second-order valence-corrected chi connectivity index (χ2v) is 8.63. The lowest BCUT2D eigenvalue weighted by Crippen LogP contribution is -1.91. The first-order chi connectivity index (χ1) is 12.9. The van der Waals surface area contributed by atoms with Crippen LogP contribution in [0, 0.1) is 0 Å². The van der Waals surface area contributed by atoms with Crippen molar-refractivity contribution in [3.05, 3.63) is 47.7 Å². The smallest absolute Gasteiger partial charge is 0.227 e. The first-order valence-electron chi connectivity index (χ1n) is 8.10. The molecule has 0 aliphatic rings. The van der Waals surface area contributed by atoms with Gasteiger partial charge in [0.25, 0.3) is 0 Å². The highest BCUT2D eigenvalue weighted by atomic mass is 32.2. The maximum atomic E-state index is 5.35. The monoisotopic (exact) mass is 399 g/mol. The molecule has 0 amide bonds. The van der Waals surface area contributed by atoms with E-state index >= 15 is 0 Å². The van der Waals surface area contributed by atoms with E-state index in [1.165, 1.54) is 4.70 Å². The van der Waals surface area contributed by atoms with Crippen molar-refractivity contribution < 1.29 is 4.52 Å². The van der Waals surface area contributed by atoms with E-state index in [1.807, 2.05) is 29.6 Å². The van der Waals surface area contributed by atoms with Crippen molar-refractivity contribution in [1.29, 1.82) is 0 Å². The molecule has 4 aromatic heterocycles. The number of hydrogen-bond donors (Lipinski definition) is 0. The van der Waals surface area contributed by atoms with Crippen LogP contribution in [0.3, 0.4) is 0 Å². The van der Waals surface area contributed by atoms with Crippen molar-refractivity contribution in [3.8, 4) is 10.7 Å². The predicted molar refractivity (Wildman–Crippen MR) is 105 cm³/mol. The maximum absolute atomic E-state index is 5.35. The topological polar surface area (TPSA) is 69.1 Å². The Morgan fingerprint density at radius 1 is 1.12 bits per heavy atom. The van der Waals surface area contributed by atoms with Crippen LogP contribution in [0.5, 0.6) is 0 Å². The molecule has 1 aromatic carbocycles. The molecule has 0 saturated carbocycles. The molecule has 0 bridgehead atoms. The van der Waals surface area contributed by atoms with E-state index in [1.54, 1.807) is 34.4 Å². The molecular weight excluding hydrogens is 386 g/mol. The van der Waals surface area contributed by atoms with Gasteiger partial charge in [0, 0.05) is 12.2 Å². The third-order valence-electron chi connectivity index (χ3n) is 3.89. The molecule has 0 saturated heterocycles. The molecule has 0 aliphatic carbocycles. The molecule has 0 radical (unpaired) electrons. The minimum atomic E-state index is 0.673. The fraction of sp³-hybridized carbons (Fsp3) is 0.176. The second kappa shape index (κ2) is 6.82. The first-order valence-corrected chi connectivity index (χ1v) is 10.8. The van der Waals surface area contributed by atoms with Gasteiger partial charge >= 0.3 is 0 Å². The van der Waals surface area contributed by atoms with Gasteiger partial charge in [0.05, 0.1) is 15.1 Å². The van der Waals surface area contributed by atoms with Gasteiger partial charge in [-0.25, -0.2) is 0 Å². The Kier molecular flexibility index (Phi) is 4.19. The van der Waals surface area contributed by atoms with Crippen molar-refractivity contribution in [2.75, 3.05) is 5.75 Å². The van der Waals surface area contributed by atoms with Crippen LogP contribution in [0.2, 0.25) is 0 Å². The normalized spacial score (nSPS) is 11.7. The average molecular weight is 400 g/mol. The number of thiophene rings is 1. The van der Waals surface area contributed by atoms with Crippen molar-refractivity contribution in [2.45, 2.75) is 18.0 Å². The summed E-state index contributed by atoms with van der Waals surface area (Å²) in [5.41, 5.74) is 1.16. The van der Waals surface area contributed by atoms with Gasteiger partial charge < -0.3 is 4.52 Å². The molecule has 0 aliphatic heterocycles. The summed E-state index contributed by atoms with van der Waals surface area (Å²) in [5, 5.41) is 15.6. The fourth-order valence-corrected chi connectivity index (χ4v) is 5.25. The number of thioether (sulfide) groups is 1. The standard InChI is InChI=1S/C17H13N5OS3/c1-2-6-12-11(5-1)22-16(19-20-17(22)26-12)25-10-4-8-14-18-15(21-23-14)13-7-3-9-24-13/h1-3,5-7,9H,4,8,10H2. The molecule has 26 heavy (non-hydrogen) atoms. The zero-order valence-corrected chi connectivity index (χ0v) is 16.0. The van der Waals surface area contributed by atoms with Gasteiger partial charge in [-0.1, -0.05) is 46.5 Å². The number of aryl methyl sites for hydroxylation is 1. The van der Waals surface area contributed by atoms with Crippen LogP contribution in [0.25, 0.3) is 25.9 Å². The lowest BCUT2D eigenvalue weighted by molar-refractivity contribution is 0.378. The van der Waals surface area contributed by atoms with Crippen LogP contribution < -0.4 is 0 Å². The summed E-state index contributed by atoms with van der Waals surface area (Å²) >= 11 is 4.98. The van der Waals surface area contributed by atoms with Crippen LogP contribution in [-0.4, -0.2) is 30.5 Å². The van der Waals surface area contributed by atoms with E-state index in [-0.39, 0.29) is 0 Å². The molecule has 0 fully saturated rings. The summed E-state index contributed by atoms with van der Waals surface area (Å²) in [5.74, 6) is 2.27. The number of fused-ring (bicyclic) bond motifs is 3. The van der Waals surface area contributed by atoms with Gasteiger partial charge in [-0.2, -0.15) is 4.98 Å². The lowest BCUT2D eigenvalue weighted by atomic mass is 10.3. The molecule has 5 rings (SSSR count). The van der Waals surface area contributed by atoms with E-state index in [0.717, 1.165) is 39.1 Å². The Balaban J connectivity index is 1.24. The number of thiazole rings is 1. The highest BCUT2D eigenvalue weighted by Crippen LogP contribution is 2.29. The highest BCUT2D eigenvalue weighted by Gasteiger charge is 2.13. The van der Waals surface area contributed by atoms with Gasteiger partial charge in [0.1, 0.15) is 0 Å². The number of rotatable bonds is 6. The van der Waals surface area contributed by atoms with E-state index < -0.39 is 0 Å². The van der Waals surface area contributed by atoms with E-state index in [0.29, 0.717) is 11.7 Å². The molecule has 5 aromatic rings. The maximum Gasteiger partial charge on any atom is 0.227 e. The van der Waals surface area contributed by atoms with Crippen LogP contribution in [-0.2, 0) is 6.42 Å². The third kappa shape index (κ3) is 2.91. The third-order valence-corrected chi connectivity index (χ3v) is 6.78. The summed E-state index contributed by atoms with van der Waals surface area (Å²) in [4.78, 5) is 6.43. The zero-order chi connectivity index (χ0) is 17.3. The summed E-state index contributed by atoms with van der Waals surface area (Å²) in [6.45, 7) is 0. The van der Waals surface area contributed by atoms with E-state index in [9.17, 15) is 0 Å². The number of hydrogen-bond acceptors (Lipinski definition) is 8. The van der Waals surface area contributed by atoms with Gasteiger partial charge in [-0.05, 0) is 30.0 Å². The molecule has 9 heteroatoms. The van der Waals surface area contributed by atoms with Crippen molar-refractivity contribution in [1.82, 2.24) is 24.7 Å². The van der Waals surface area contributed by atoms with Crippen molar-refractivity contribution in [2.24, 2.45) is 0 Å². The zero-order valence-electron chi connectivity index (χ0n) is 13.5. The Labute approximate surface area is 160 Å².